The van der Waals surface area contributed by atoms with E-state index in [0.717, 1.165) is 5.56 Å². The zero-order chi connectivity index (χ0) is 14.6. The molecule has 1 aromatic carbocycles. The lowest BCUT2D eigenvalue weighted by atomic mass is 10.1. The topological polar surface area (TPSA) is 15.3 Å². The van der Waals surface area contributed by atoms with Crippen molar-refractivity contribution < 1.29 is 13.2 Å². The molecule has 0 radical (unpaired) electrons. The van der Waals surface area contributed by atoms with E-state index in [1.165, 1.54) is 4.90 Å². The van der Waals surface area contributed by atoms with Crippen molar-refractivity contribution in [3.05, 3.63) is 28.2 Å². The second-order valence-corrected chi connectivity index (χ2v) is 5.20. The van der Waals surface area contributed by atoms with Gasteiger partial charge in [0.25, 0.3) is 0 Å². The van der Waals surface area contributed by atoms with Crippen LogP contribution in [0.15, 0.2) is 22.7 Å². The summed E-state index contributed by atoms with van der Waals surface area (Å²) in [6.45, 7) is 3.07. The summed E-state index contributed by atoms with van der Waals surface area (Å²) in [5.41, 5.74) is 1.59. The molecule has 0 aliphatic rings. The zero-order valence-corrected chi connectivity index (χ0v) is 12.8. The van der Waals surface area contributed by atoms with Crippen molar-refractivity contribution in [1.82, 2.24) is 5.32 Å². The minimum absolute atomic E-state index is 0.156. The van der Waals surface area contributed by atoms with Crippen LogP contribution in [0.5, 0.6) is 0 Å². The highest BCUT2D eigenvalue weighted by atomic mass is 79.9. The molecule has 108 valence electrons. The molecule has 0 spiro atoms. The van der Waals surface area contributed by atoms with Crippen LogP contribution in [0.3, 0.4) is 0 Å². The Balaban J connectivity index is 3.00. The molecule has 0 bridgehead atoms. The number of nitrogens with zero attached hydrogens (tertiary/aromatic N) is 1. The van der Waals surface area contributed by atoms with Gasteiger partial charge in [-0.25, -0.2) is 0 Å². The van der Waals surface area contributed by atoms with Crippen LogP contribution in [-0.2, 0) is 0 Å². The van der Waals surface area contributed by atoms with Crippen molar-refractivity contribution in [3.8, 4) is 0 Å². The van der Waals surface area contributed by atoms with Crippen molar-refractivity contribution in [2.75, 3.05) is 25.0 Å². The maximum absolute atomic E-state index is 12.5. The summed E-state index contributed by atoms with van der Waals surface area (Å²) in [5, 5.41) is 3.09. The summed E-state index contributed by atoms with van der Waals surface area (Å²) in [6.07, 6.45) is -4.20. The van der Waals surface area contributed by atoms with E-state index in [4.69, 9.17) is 0 Å². The van der Waals surface area contributed by atoms with Gasteiger partial charge in [-0.05, 0) is 54.5 Å². The lowest BCUT2D eigenvalue weighted by molar-refractivity contribution is -0.119. The second-order valence-electron chi connectivity index (χ2n) is 4.35. The molecule has 0 saturated heterocycles. The maximum atomic E-state index is 12.5. The summed E-state index contributed by atoms with van der Waals surface area (Å²) in [7, 11) is 1.84. The monoisotopic (exact) mass is 338 g/mol. The first kappa shape index (κ1) is 16.3. The van der Waals surface area contributed by atoms with Gasteiger partial charge in [-0.3, -0.25) is 0 Å². The molecule has 0 aliphatic carbocycles. The standard InChI is InChI=1S/C13H18BrF3N2/c1-4-19(8-13(15,16)17)12-6-5-10(7-11(12)14)9(2)18-3/h5-7,9,18H,4,8H2,1-3H3. The average molecular weight is 339 g/mol. The Morgan fingerprint density at radius 2 is 2.00 bits per heavy atom. The molecule has 0 amide bonds. The molecular weight excluding hydrogens is 321 g/mol. The number of anilines is 1. The lowest BCUT2D eigenvalue weighted by Gasteiger charge is -2.26. The van der Waals surface area contributed by atoms with Gasteiger partial charge in [-0.15, -0.1) is 0 Å². The first-order valence-electron chi connectivity index (χ1n) is 6.07. The Bertz CT molecular complexity index is 421. The number of halogens is 4. The second kappa shape index (κ2) is 6.61. The highest BCUT2D eigenvalue weighted by molar-refractivity contribution is 9.10. The third-order valence-corrected chi connectivity index (χ3v) is 3.63. The smallest absolute Gasteiger partial charge is 0.362 e. The summed E-state index contributed by atoms with van der Waals surface area (Å²) >= 11 is 3.36. The zero-order valence-electron chi connectivity index (χ0n) is 11.2. The molecule has 0 aromatic heterocycles. The summed E-state index contributed by atoms with van der Waals surface area (Å²) in [4.78, 5) is 1.30. The molecule has 1 atom stereocenters. The summed E-state index contributed by atoms with van der Waals surface area (Å²) < 4.78 is 38.2. The third kappa shape index (κ3) is 4.69. The number of nitrogens with one attached hydrogen (secondary N) is 1. The third-order valence-electron chi connectivity index (χ3n) is 3.00. The first-order valence-corrected chi connectivity index (χ1v) is 6.86. The predicted octanol–water partition coefficient (Wildman–Crippen LogP) is 4.12. The number of benzene rings is 1. The van der Waals surface area contributed by atoms with Gasteiger partial charge in [0.2, 0.25) is 0 Å². The van der Waals surface area contributed by atoms with Gasteiger partial charge in [-0.2, -0.15) is 13.2 Å². The summed E-state index contributed by atoms with van der Waals surface area (Å²) in [5.74, 6) is 0. The van der Waals surface area contributed by atoms with Crippen molar-refractivity contribution in [2.24, 2.45) is 0 Å². The molecule has 0 saturated carbocycles. The van der Waals surface area contributed by atoms with Gasteiger partial charge in [0.05, 0.1) is 5.69 Å². The molecule has 0 heterocycles. The molecule has 2 nitrogen and oxygen atoms in total. The largest absolute Gasteiger partial charge is 0.405 e. The van der Waals surface area contributed by atoms with Gasteiger partial charge in [0, 0.05) is 17.1 Å². The van der Waals surface area contributed by atoms with Crippen LogP contribution in [0.2, 0.25) is 0 Å². The van der Waals surface area contributed by atoms with Crippen molar-refractivity contribution in [2.45, 2.75) is 26.1 Å². The van der Waals surface area contributed by atoms with Gasteiger partial charge in [-0.1, -0.05) is 6.07 Å². The minimum Gasteiger partial charge on any atom is -0.362 e. The van der Waals surface area contributed by atoms with E-state index in [-0.39, 0.29) is 6.04 Å². The molecule has 6 heteroatoms. The van der Waals surface area contributed by atoms with Gasteiger partial charge >= 0.3 is 6.18 Å². The molecular formula is C13H18BrF3N2. The van der Waals surface area contributed by atoms with Crippen molar-refractivity contribution in [3.63, 3.8) is 0 Å². The van der Waals surface area contributed by atoms with Crippen LogP contribution >= 0.6 is 15.9 Å². The van der Waals surface area contributed by atoms with Crippen molar-refractivity contribution >= 4 is 21.6 Å². The van der Waals surface area contributed by atoms with Gasteiger partial charge in [0.15, 0.2) is 0 Å². The molecule has 0 aliphatic heterocycles. The fourth-order valence-corrected chi connectivity index (χ4v) is 2.45. The van der Waals surface area contributed by atoms with E-state index >= 15 is 0 Å². The molecule has 1 aromatic rings. The molecule has 1 unspecified atom stereocenters. The van der Waals surface area contributed by atoms with E-state index in [9.17, 15) is 13.2 Å². The SMILES string of the molecule is CCN(CC(F)(F)F)c1ccc(C(C)NC)cc1Br. The predicted molar refractivity (Wildman–Crippen MR) is 75.6 cm³/mol. The number of hydrogen-bond donors (Lipinski definition) is 1. The highest BCUT2D eigenvalue weighted by Crippen LogP contribution is 2.31. The Labute approximate surface area is 120 Å². The van der Waals surface area contributed by atoms with E-state index in [2.05, 4.69) is 21.2 Å². The van der Waals surface area contributed by atoms with Crippen LogP contribution in [0.25, 0.3) is 0 Å². The summed E-state index contributed by atoms with van der Waals surface area (Å²) in [6, 6.07) is 5.58. The van der Waals surface area contributed by atoms with Crippen LogP contribution in [0.4, 0.5) is 18.9 Å². The van der Waals surface area contributed by atoms with E-state index in [1.807, 2.05) is 26.1 Å². The Morgan fingerprint density at radius 1 is 1.37 bits per heavy atom. The fraction of sp³-hybridized carbons (Fsp3) is 0.538. The molecule has 0 fully saturated rings. The number of rotatable bonds is 5. The highest BCUT2D eigenvalue weighted by Gasteiger charge is 2.30. The minimum atomic E-state index is -4.20. The first-order chi connectivity index (χ1) is 8.78. The fourth-order valence-electron chi connectivity index (χ4n) is 1.80. The van der Waals surface area contributed by atoms with Gasteiger partial charge < -0.3 is 10.2 Å². The van der Waals surface area contributed by atoms with Crippen LogP contribution in [0, 0.1) is 0 Å². The quantitative estimate of drug-likeness (QED) is 0.868. The van der Waals surface area contributed by atoms with Crippen LogP contribution in [-0.4, -0.2) is 26.3 Å². The molecule has 19 heavy (non-hydrogen) atoms. The van der Waals surface area contributed by atoms with Crippen LogP contribution in [0.1, 0.15) is 25.5 Å². The van der Waals surface area contributed by atoms with Crippen LogP contribution < -0.4 is 10.2 Å². The molecule has 1 rings (SSSR count). The van der Waals surface area contributed by atoms with Gasteiger partial charge in [0.1, 0.15) is 6.54 Å². The van der Waals surface area contributed by atoms with E-state index in [1.54, 1.807) is 13.0 Å². The normalized spacial score (nSPS) is 13.4. The Hall–Kier alpha value is -0.750. The maximum Gasteiger partial charge on any atom is 0.405 e. The number of alkyl halides is 3. The lowest BCUT2D eigenvalue weighted by Crippen LogP contribution is -2.34. The molecule has 1 N–H and O–H groups in total. The van der Waals surface area contributed by atoms with Crippen molar-refractivity contribution in [1.29, 1.82) is 0 Å². The van der Waals surface area contributed by atoms with E-state index < -0.39 is 12.7 Å². The average Bonchev–Trinajstić information content (AvgIpc) is 2.34. The Morgan fingerprint density at radius 3 is 2.42 bits per heavy atom. The Kier molecular flexibility index (Phi) is 5.67. The number of hydrogen-bond acceptors (Lipinski definition) is 2. The van der Waals surface area contributed by atoms with E-state index in [0.29, 0.717) is 16.7 Å².